The predicted octanol–water partition coefficient (Wildman–Crippen LogP) is 4.45. The molecule has 0 aliphatic heterocycles. The molecule has 0 spiro atoms. The highest BCUT2D eigenvalue weighted by Crippen LogP contribution is 2.38. The van der Waals surface area contributed by atoms with Crippen LogP contribution in [0.1, 0.15) is 18.9 Å². The molecule has 3 aromatic rings. The predicted molar refractivity (Wildman–Crippen MR) is 138 cm³/mol. The van der Waals surface area contributed by atoms with Gasteiger partial charge in [0.25, 0.3) is 0 Å². The Kier molecular flexibility index (Phi) is 10.9. The Morgan fingerprint density at radius 3 is 2.24 bits per heavy atom. The van der Waals surface area contributed by atoms with Gasteiger partial charge in [0.05, 0.1) is 37.8 Å². The van der Waals surface area contributed by atoms with Gasteiger partial charge in [-0.1, -0.05) is 13.0 Å². The minimum Gasteiger partial charge on any atom is -0.493 e. The fraction of sp³-hybridized carbons (Fsp3) is 0.370. The van der Waals surface area contributed by atoms with Crippen LogP contribution in [-0.4, -0.2) is 70.3 Å². The number of carbonyl (C=O) groups is 1. The molecule has 0 atom stereocenters. The molecule has 1 heterocycles. The van der Waals surface area contributed by atoms with E-state index in [0.717, 1.165) is 12.0 Å². The van der Waals surface area contributed by atoms with Gasteiger partial charge in [0, 0.05) is 26.4 Å². The Morgan fingerprint density at radius 1 is 0.838 bits per heavy atom. The lowest BCUT2D eigenvalue weighted by Gasteiger charge is -2.15. The average molecular weight is 513 g/mol. The molecular weight excluding hydrogens is 480 g/mol. The van der Waals surface area contributed by atoms with Gasteiger partial charge in [0.2, 0.25) is 5.88 Å². The summed E-state index contributed by atoms with van der Waals surface area (Å²) < 4.78 is 38.6. The largest absolute Gasteiger partial charge is 0.493 e. The minimum absolute atomic E-state index is 0.315. The maximum atomic E-state index is 11.8. The van der Waals surface area contributed by atoms with Gasteiger partial charge in [-0.15, -0.1) is 0 Å². The molecule has 10 heteroatoms. The number of ether oxygens (including phenoxy) is 7. The molecule has 0 aliphatic carbocycles. The summed E-state index contributed by atoms with van der Waals surface area (Å²) >= 11 is 0. The van der Waals surface area contributed by atoms with Crippen LogP contribution in [-0.2, 0) is 19.0 Å². The summed E-state index contributed by atoms with van der Waals surface area (Å²) in [5.74, 6) is 1.85. The molecule has 0 saturated heterocycles. The lowest BCUT2D eigenvalue weighted by atomic mass is 10.2. The van der Waals surface area contributed by atoms with Crippen molar-refractivity contribution < 1.29 is 38.0 Å². The zero-order valence-electron chi connectivity index (χ0n) is 21.5. The molecule has 1 aromatic heterocycles. The molecule has 10 nitrogen and oxygen atoms in total. The summed E-state index contributed by atoms with van der Waals surface area (Å²) in [5, 5.41) is 0.624. The Labute approximate surface area is 216 Å². The molecule has 198 valence electrons. The van der Waals surface area contributed by atoms with Crippen molar-refractivity contribution in [2.24, 2.45) is 0 Å². The van der Waals surface area contributed by atoms with Crippen LogP contribution in [0, 0.1) is 0 Å². The molecule has 0 bridgehead atoms. The van der Waals surface area contributed by atoms with E-state index in [4.69, 9.17) is 33.2 Å². The minimum atomic E-state index is -0.400. The van der Waals surface area contributed by atoms with Gasteiger partial charge in [-0.2, -0.15) is 0 Å². The van der Waals surface area contributed by atoms with E-state index in [1.54, 1.807) is 50.6 Å². The Hall–Kier alpha value is -3.89. The van der Waals surface area contributed by atoms with Crippen LogP contribution in [0.3, 0.4) is 0 Å². The number of esters is 1. The van der Waals surface area contributed by atoms with E-state index < -0.39 is 5.97 Å². The third kappa shape index (κ3) is 8.06. The van der Waals surface area contributed by atoms with Gasteiger partial charge in [-0.05, 0) is 36.3 Å². The number of methoxy groups -OCH3 is 3. The molecule has 2 aromatic carbocycles. The number of rotatable bonds is 15. The van der Waals surface area contributed by atoms with Crippen molar-refractivity contribution in [3.63, 3.8) is 0 Å². The molecular formula is C27H32N2O8. The number of benzene rings is 2. The van der Waals surface area contributed by atoms with E-state index in [-0.39, 0.29) is 0 Å². The Morgan fingerprint density at radius 2 is 1.57 bits per heavy atom. The summed E-state index contributed by atoms with van der Waals surface area (Å²) in [6, 6.07) is 8.83. The van der Waals surface area contributed by atoms with Crippen LogP contribution in [0.2, 0.25) is 0 Å². The highest BCUT2D eigenvalue weighted by Gasteiger charge is 2.15. The first-order valence-electron chi connectivity index (χ1n) is 11.8. The highest BCUT2D eigenvalue weighted by atomic mass is 16.6. The molecule has 0 radical (unpaired) electrons. The smallest absolute Gasteiger partial charge is 0.330 e. The third-order valence-electron chi connectivity index (χ3n) is 5.01. The zero-order valence-corrected chi connectivity index (χ0v) is 21.5. The second kappa shape index (κ2) is 14.6. The second-order valence-electron chi connectivity index (χ2n) is 7.69. The van der Waals surface area contributed by atoms with Crippen LogP contribution in [0.4, 0.5) is 0 Å². The van der Waals surface area contributed by atoms with Crippen LogP contribution >= 0.6 is 0 Å². The quantitative estimate of drug-likeness (QED) is 0.165. The van der Waals surface area contributed by atoms with Gasteiger partial charge in [0.15, 0.2) is 23.0 Å². The van der Waals surface area contributed by atoms with E-state index in [2.05, 4.69) is 9.97 Å². The molecule has 0 N–H and O–H groups in total. The van der Waals surface area contributed by atoms with Crippen LogP contribution in [0.5, 0.6) is 28.9 Å². The van der Waals surface area contributed by atoms with Crippen LogP contribution < -0.4 is 18.9 Å². The normalized spacial score (nSPS) is 11.0. The van der Waals surface area contributed by atoms with Crippen molar-refractivity contribution in [3.05, 3.63) is 48.3 Å². The van der Waals surface area contributed by atoms with Gasteiger partial charge in [-0.3, -0.25) is 0 Å². The Balaban J connectivity index is 1.88. The summed E-state index contributed by atoms with van der Waals surface area (Å²) in [5.41, 5.74) is 1.36. The SMILES string of the molecule is CCCOC(=O)C=Cc1ccc(Oc2ncnc3cc(OCCOC)c(OCCOC)cc23)c(OC)c1. The van der Waals surface area contributed by atoms with Gasteiger partial charge >= 0.3 is 5.97 Å². The first-order valence-corrected chi connectivity index (χ1v) is 11.8. The molecule has 0 saturated carbocycles. The summed E-state index contributed by atoms with van der Waals surface area (Å²) in [4.78, 5) is 20.4. The van der Waals surface area contributed by atoms with E-state index >= 15 is 0 Å². The van der Waals surface area contributed by atoms with Gasteiger partial charge < -0.3 is 33.2 Å². The standard InChI is InChI=1S/C27H32N2O8/c1-5-10-36-26(30)9-7-19-6-8-22(23(15-19)33-4)37-27-20-16-24(34-13-11-31-2)25(35-14-12-32-3)17-21(20)28-18-29-27/h6-9,15-18H,5,10-14H2,1-4H3. The van der Waals surface area contributed by atoms with Crippen molar-refractivity contribution in [1.29, 1.82) is 0 Å². The summed E-state index contributed by atoms with van der Waals surface area (Å²) in [6.45, 7) is 3.85. The molecule has 0 unspecified atom stereocenters. The summed E-state index contributed by atoms with van der Waals surface area (Å²) in [7, 11) is 4.75. The molecule has 3 rings (SSSR count). The first-order chi connectivity index (χ1) is 18.1. The fourth-order valence-corrected chi connectivity index (χ4v) is 3.21. The van der Waals surface area contributed by atoms with E-state index in [1.165, 1.54) is 19.5 Å². The maximum Gasteiger partial charge on any atom is 0.330 e. The lowest BCUT2D eigenvalue weighted by Crippen LogP contribution is -2.09. The maximum absolute atomic E-state index is 11.8. The van der Waals surface area contributed by atoms with Crippen molar-refractivity contribution in [2.45, 2.75) is 13.3 Å². The zero-order chi connectivity index (χ0) is 26.5. The molecule has 0 fully saturated rings. The van der Waals surface area contributed by atoms with Gasteiger partial charge in [0.1, 0.15) is 19.5 Å². The third-order valence-corrected chi connectivity index (χ3v) is 5.01. The summed E-state index contributed by atoms with van der Waals surface area (Å²) in [6.07, 6.45) is 5.20. The van der Waals surface area contributed by atoms with Crippen molar-refractivity contribution in [2.75, 3.05) is 54.4 Å². The number of fused-ring (bicyclic) bond motifs is 1. The lowest BCUT2D eigenvalue weighted by molar-refractivity contribution is -0.137. The van der Waals surface area contributed by atoms with E-state index in [0.29, 0.717) is 72.8 Å². The fourth-order valence-electron chi connectivity index (χ4n) is 3.21. The van der Waals surface area contributed by atoms with Crippen molar-refractivity contribution in [1.82, 2.24) is 9.97 Å². The monoisotopic (exact) mass is 512 g/mol. The van der Waals surface area contributed by atoms with Crippen molar-refractivity contribution in [3.8, 4) is 28.9 Å². The number of aromatic nitrogens is 2. The van der Waals surface area contributed by atoms with Crippen molar-refractivity contribution >= 4 is 22.9 Å². The topological polar surface area (TPSA) is 107 Å². The highest BCUT2D eigenvalue weighted by molar-refractivity contribution is 5.88. The van der Waals surface area contributed by atoms with E-state index in [1.807, 2.05) is 6.92 Å². The van der Waals surface area contributed by atoms with Crippen LogP contribution in [0.25, 0.3) is 17.0 Å². The second-order valence-corrected chi connectivity index (χ2v) is 7.69. The van der Waals surface area contributed by atoms with Crippen LogP contribution in [0.15, 0.2) is 42.7 Å². The number of hydrogen-bond donors (Lipinski definition) is 0. The molecule has 0 aliphatic rings. The van der Waals surface area contributed by atoms with Gasteiger partial charge in [-0.25, -0.2) is 14.8 Å². The number of nitrogens with zero attached hydrogens (tertiary/aromatic N) is 2. The average Bonchev–Trinajstić information content (AvgIpc) is 2.91. The van der Waals surface area contributed by atoms with E-state index in [9.17, 15) is 4.79 Å². The Bertz CT molecular complexity index is 1200. The molecule has 0 amide bonds. The molecule has 37 heavy (non-hydrogen) atoms. The number of carbonyl (C=O) groups excluding carboxylic acids is 1. The number of hydrogen-bond acceptors (Lipinski definition) is 10. The first kappa shape index (κ1) is 27.7.